The van der Waals surface area contributed by atoms with Crippen LogP contribution in [0.1, 0.15) is 6.92 Å². The number of hydrogen-bond donors (Lipinski definition) is 1. The van der Waals surface area contributed by atoms with Gasteiger partial charge in [-0.1, -0.05) is 0 Å². The van der Waals surface area contributed by atoms with Crippen LogP contribution < -0.4 is 5.73 Å². The minimum absolute atomic E-state index is 0.651. The zero-order valence-corrected chi connectivity index (χ0v) is 6.20. The summed E-state index contributed by atoms with van der Waals surface area (Å²) in [5.41, 5.74) is -0.721. The molecule has 11 heavy (non-hydrogen) atoms. The van der Waals surface area contributed by atoms with Crippen molar-refractivity contribution in [3.8, 4) is 0 Å². The van der Waals surface area contributed by atoms with Gasteiger partial charge in [-0.25, -0.2) is 0 Å². The van der Waals surface area contributed by atoms with E-state index in [4.69, 9.17) is 0 Å². The standard InChI is InChI=1S/C3H5F3N2O2S/c1-2(7)8-11(9,10)3(4,5)6/h1H3,(H2,7,8). The summed E-state index contributed by atoms with van der Waals surface area (Å²) < 4.78 is 56.7. The van der Waals surface area contributed by atoms with Crippen LogP contribution in [-0.2, 0) is 10.0 Å². The number of nitrogens with two attached hydrogens (primary N) is 1. The maximum absolute atomic E-state index is 11.4. The molecule has 0 spiro atoms. The van der Waals surface area contributed by atoms with Crippen molar-refractivity contribution < 1.29 is 21.6 Å². The van der Waals surface area contributed by atoms with Gasteiger partial charge in [-0.3, -0.25) is 0 Å². The highest BCUT2D eigenvalue weighted by atomic mass is 32.2. The fourth-order valence-corrected chi connectivity index (χ4v) is 0.724. The second kappa shape index (κ2) is 2.68. The normalized spacial score (nSPS) is 15.1. The lowest BCUT2D eigenvalue weighted by Gasteiger charge is -2.01. The minimum Gasteiger partial charge on any atom is -0.387 e. The molecule has 0 saturated heterocycles. The Kier molecular flexibility index (Phi) is 2.49. The third-order valence-electron chi connectivity index (χ3n) is 0.557. The summed E-state index contributed by atoms with van der Waals surface area (Å²) in [6.45, 7) is 0.948. The van der Waals surface area contributed by atoms with Gasteiger partial charge in [0, 0.05) is 0 Å². The molecule has 8 heteroatoms. The number of nitrogens with zero attached hydrogens (tertiary/aromatic N) is 1. The molecule has 0 heterocycles. The van der Waals surface area contributed by atoms with Crippen LogP contribution >= 0.6 is 0 Å². The van der Waals surface area contributed by atoms with Crippen molar-refractivity contribution in [3.05, 3.63) is 0 Å². The van der Waals surface area contributed by atoms with Crippen molar-refractivity contribution in [2.24, 2.45) is 10.1 Å². The van der Waals surface area contributed by atoms with E-state index in [1.165, 1.54) is 0 Å². The molecule has 0 aliphatic heterocycles. The van der Waals surface area contributed by atoms with Gasteiger partial charge >= 0.3 is 15.5 Å². The van der Waals surface area contributed by atoms with Crippen LogP contribution in [-0.4, -0.2) is 19.8 Å². The van der Waals surface area contributed by atoms with Crippen molar-refractivity contribution in [2.45, 2.75) is 12.4 Å². The molecule has 0 bridgehead atoms. The average molecular weight is 190 g/mol. The molecule has 2 N–H and O–H groups in total. The quantitative estimate of drug-likeness (QED) is 0.474. The van der Waals surface area contributed by atoms with Gasteiger partial charge in [0.05, 0.1) is 0 Å². The minimum atomic E-state index is -5.43. The Morgan fingerprint density at radius 1 is 1.45 bits per heavy atom. The lowest BCUT2D eigenvalue weighted by Crippen LogP contribution is -2.23. The van der Waals surface area contributed by atoms with Crippen LogP contribution in [0.5, 0.6) is 0 Å². The molecule has 0 fully saturated rings. The van der Waals surface area contributed by atoms with Gasteiger partial charge in [-0.15, -0.1) is 4.40 Å². The summed E-state index contributed by atoms with van der Waals surface area (Å²) in [6.07, 6.45) is 0. The summed E-state index contributed by atoms with van der Waals surface area (Å²) in [5.74, 6) is -0.651. The number of alkyl halides is 3. The van der Waals surface area contributed by atoms with E-state index in [1.54, 1.807) is 0 Å². The van der Waals surface area contributed by atoms with E-state index in [0.717, 1.165) is 6.92 Å². The predicted molar refractivity (Wildman–Crippen MR) is 32.3 cm³/mol. The van der Waals surface area contributed by atoms with Crippen LogP contribution in [0.15, 0.2) is 4.40 Å². The SMILES string of the molecule is CC(N)=NS(=O)(=O)C(F)(F)F. The predicted octanol–water partition coefficient (Wildman–Crippen LogP) is 0.213. The molecule has 0 amide bonds. The summed E-state index contributed by atoms with van der Waals surface area (Å²) in [7, 11) is -5.43. The highest BCUT2D eigenvalue weighted by Crippen LogP contribution is 2.24. The van der Waals surface area contributed by atoms with Gasteiger partial charge in [0.15, 0.2) is 0 Å². The van der Waals surface area contributed by atoms with Crippen LogP contribution in [0.4, 0.5) is 13.2 Å². The van der Waals surface area contributed by atoms with Crippen molar-refractivity contribution in [1.82, 2.24) is 0 Å². The van der Waals surface area contributed by atoms with Crippen LogP contribution in [0.25, 0.3) is 0 Å². The van der Waals surface area contributed by atoms with Crippen molar-refractivity contribution in [1.29, 1.82) is 0 Å². The van der Waals surface area contributed by atoms with Crippen molar-refractivity contribution >= 4 is 15.9 Å². The first-order valence-corrected chi connectivity index (χ1v) is 3.74. The molecular formula is C3H5F3N2O2S. The second-order valence-corrected chi connectivity index (χ2v) is 3.25. The summed E-state index contributed by atoms with van der Waals surface area (Å²) >= 11 is 0. The number of halogens is 3. The van der Waals surface area contributed by atoms with E-state index in [-0.39, 0.29) is 0 Å². The number of amidine groups is 1. The van der Waals surface area contributed by atoms with Gasteiger partial charge in [0.25, 0.3) is 0 Å². The Morgan fingerprint density at radius 2 is 1.82 bits per heavy atom. The molecule has 0 aliphatic rings. The maximum atomic E-state index is 11.4. The zero-order chi connectivity index (χ0) is 9.28. The fraction of sp³-hybridized carbons (Fsp3) is 0.667. The lowest BCUT2D eigenvalue weighted by molar-refractivity contribution is -0.0435. The molecule has 0 aromatic heterocycles. The summed E-state index contributed by atoms with van der Waals surface area (Å²) in [6, 6.07) is 0. The van der Waals surface area contributed by atoms with Crippen LogP contribution in [0, 0.1) is 0 Å². The van der Waals surface area contributed by atoms with E-state index in [0.29, 0.717) is 0 Å². The Morgan fingerprint density at radius 3 is 1.91 bits per heavy atom. The third kappa shape index (κ3) is 2.74. The van der Waals surface area contributed by atoms with E-state index in [9.17, 15) is 21.6 Å². The van der Waals surface area contributed by atoms with Crippen molar-refractivity contribution in [3.63, 3.8) is 0 Å². The van der Waals surface area contributed by atoms with Crippen molar-refractivity contribution in [2.75, 3.05) is 0 Å². The molecule has 0 saturated carbocycles. The van der Waals surface area contributed by atoms with Gasteiger partial charge in [0.1, 0.15) is 5.84 Å². The number of hydrogen-bond acceptors (Lipinski definition) is 2. The van der Waals surface area contributed by atoms with E-state index in [1.807, 2.05) is 0 Å². The number of sulfonamides is 1. The molecular weight excluding hydrogens is 185 g/mol. The van der Waals surface area contributed by atoms with Gasteiger partial charge in [-0.2, -0.15) is 21.6 Å². The molecule has 0 radical (unpaired) electrons. The molecule has 4 nitrogen and oxygen atoms in total. The Labute approximate surface area is 61.0 Å². The summed E-state index contributed by atoms with van der Waals surface area (Å²) in [4.78, 5) is 0. The topological polar surface area (TPSA) is 72.5 Å². The van der Waals surface area contributed by atoms with Crippen LogP contribution in [0.3, 0.4) is 0 Å². The Balaban J connectivity index is 4.95. The van der Waals surface area contributed by atoms with E-state index >= 15 is 0 Å². The zero-order valence-electron chi connectivity index (χ0n) is 5.38. The summed E-state index contributed by atoms with van der Waals surface area (Å²) in [5, 5.41) is 0. The second-order valence-electron chi connectivity index (χ2n) is 1.65. The largest absolute Gasteiger partial charge is 0.518 e. The average Bonchev–Trinajstić information content (AvgIpc) is 1.56. The first-order valence-electron chi connectivity index (χ1n) is 2.30. The third-order valence-corrected chi connectivity index (χ3v) is 1.67. The smallest absolute Gasteiger partial charge is 0.387 e. The molecule has 0 rings (SSSR count). The Hall–Kier alpha value is -0.790. The molecule has 0 unspecified atom stereocenters. The van der Waals surface area contributed by atoms with Gasteiger partial charge in [0.2, 0.25) is 0 Å². The molecule has 0 aromatic carbocycles. The Bertz CT molecular complexity index is 261. The van der Waals surface area contributed by atoms with Crippen LogP contribution in [0.2, 0.25) is 0 Å². The highest BCUT2D eigenvalue weighted by Gasteiger charge is 2.45. The molecule has 0 atom stereocenters. The molecule has 0 aliphatic carbocycles. The maximum Gasteiger partial charge on any atom is 0.518 e. The number of rotatable bonds is 1. The highest BCUT2D eigenvalue weighted by molar-refractivity contribution is 7.91. The van der Waals surface area contributed by atoms with E-state index in [2.05, 4.69) is 10.1 Å². The molecule has 0 aromatic rings. The van der Waals surface area contributed by atoms with Gasteiger partial charge < -0.3 is 5.73 Å². The monoisotopic (exact) mass is 190 g/mol. The lowest BCUT2D eigenvalue weighted by atomic mass is 10.8. The van der Waals surface area contributed by atoms with E-state index < -0.39 is 21.4 Å². The van der Waals surface area contributed by atoms with Gasteiger partial charge in [-0.05, 0) is 6.92 Å². The molecule has 66 valence electrons. The first-order chi connectivity index (χ1) is 4.67. The first kappa shape index (κ1) is 10.2. The fourth-order valence-electron chi connectivity index (χ4n) is 0.241.